The van der Waals surface area contributed by atoms with Gasteiger partial charge in [-0.2, -0.15) is 0 Å². The van der Waals surface area contributed by atoms with Crippen LogP contribution in [0.2, 0.25) is 0 Å². The number of aromatic nitrogens is 2. The number of rotatable bonds is 6. The number of aromatic amines is 1. The molecule has 0 radical (unpaired) electrons. The fourth-order valence-electron chi connectivity index (χ4n) is 3.49. The second-order valence-electron chi connectivity index (χ2n) is 7.03. The lowest BCUT2D eigenvalue weighted by Gasteiger charge is -2.29. The molecule has 0 saturated carbocycles. The van der Waals surface area contributed by atoms with Crippen molar-refractivity contribution in [1.29, 1.82) is 0 Å². The molecule has 0 amide bonds. The standard InChI is InChI=1S/C22H26N4S/c23-19-11-13-26(14-12-19)15-16-27-22-24-20(17-7-3-1-4-8-17)21(25-22)18-9-5-2-6-10-18/h1-10,19H,11-16,23H2,(H,24,25). The van der Waals surface area contributed by atoms with Gasteiger partial charge >= 0.3 is 0 Å². The van der Waals surface area contributed by atoms with Crippen molar-refractivity contribution < 1.29 is 0 Å². The summed E-state index contributed by atoms with van der Waals surface area (Å²) in [5.74, 6) is 1.03. The number of likely N-dealkylation sites (tertiary alicyclic amines) is 1. The van der Waals surface area contributed by atoms with Crippen LogP contribution in [0.5, 0.6) is 0 Å². The van der Waals surface area contributed by atoms with E-state index in [0.29, 0.717) is 6.04 Å². The van der Waals surface area contributed by atoms with E-state index in [2.05, 4.69) is 58.4 Å². The third-order valence-corrected chi connectivity index (χ3v) is 5.92. The Morgan fingerprint density at radius 1 is 0.963 bits per heavy atom. The van der Waals surface area contributed by atoms with E-state index in [1.165, 1.54) is 5.56 Å². The Balaban J connectivity index is 1.49. The van der Waals surface area contributed by atoms with Crippen LogP contribution in [0.4, 0.5) is 0 Å². The van der Waals surface area contributed by atoms with Crippen molar-refractivity contribution in [2.45, 2.75) is 24.0 Å². The van der Waals surface area contributed by atoms with Crippen molar-refractivity contribution in [3.8, 4) is 22.5 Å². The number of nitrogens with zero attached hydrogens (tertiary/aromatic N) is 2. The lowest BCUT2D eigenvalue weighted by atomic mass is 10.1. The predicted molar refractivity (Wildman–Crippen MR) is 114 cm³/mol. The van der Waals surface area contributed by atoms with Crippen LogP contribution in [-0.4, -0.2) is 46.3 Å². The van der Waals surface area contributed by atoms with Crippen LogP contribution in [0.1, 0.15) is 12.8 Å². The summed E-state index contributed by atoms with van der Waals surface area (Å²) in [7, 11) is 0. The number of hydrogen-bond donors (Lipinski definition) is 2. The molecule has 4 rings (SSSR count). The van der Waals surface area contributed by atoms with E-state index in [0.717, 1.165) is 60.3 Å². The van der Waals surface area contributed by atoms with Gasteiger partial charge in [-0.1, -0.05) is 72.4 Å². The molecule has 1 aromatic heterocycles. The first kappa shape index (κ1) is 18.3. The molecule has 1 aliphatic heterocycles. The molecule has 1 aliphatic rings. The van der Waals surface area contributed by atoms with E-state index in [1.54, 1.807) is 11.8 Å². The number of thioether (sulfide) groups is 1. The number of nitrogens with one attached hydrogen (secondary N) is 1. The maximum atomic E-state index is 6.00. The van der Waals surface area contributed by atoms with Crippen molar-refractivity contribution >= 4 is 11.8 Å². The molecular formula is C22H26N4S. The largest absolute Gasteiger partial charge is 0.332 e. The van der Waals surface area contributed by atoms with Crippen molar-refractivity contribution in [2.24, 2.45) is 5.73 Å². The van der Waals surface area contributed by atoms with Gasteiger partial charge in [0.1, 0.15) is 0 Å². The fraction of sp³-hybridized carbons (Fsp3) is 0.318. The van der Waals surface area contributed by atoms with E-state index in [9.17, 15) is 0 Å². The molecule has 1 saturated heterocycles. The Morgan fingerprint density at radius 2 is 1.59 bits per heavy atom. The van der Waals surface area contributed by atoms with E-state index in [1.807, 2.05) is 12.1 Å². The predicted octanol–water partition coefficient (Wildman–Crippen LogP) is 4.26. The quantitative estimate of drug-likeness (QED) is 0.629. The van der Waals surface area contributed by atoms with Gasteiger partial charge < -0.3 is 15.6 Å². The number of hydrogen-bond acceptors (Lipinski definition) is 4. The first-order valence-corrected chi connectivity index (χ1v) is 10.6. The molecule has 2 aromatic carbocycles. The molecular weight excluding hydrogens is 352 g/mol. The highest BCUT2D eigenvalue weighted by Crippen LogP contribution is 2.32. The molecule has 0 unspecified atom stereocenters. The molecule has 27 heavy (non-hydrogen) atoms. The zero-order valence-corrected chi connectivity index (χ0v) is 16.3. The summed E-state index contributed by atoms with van der Waals surface area (Å²) in [6.07, 6.45) is 2.23. The highest BCUT2D eigenvalue weighted by Gasteiger charge is 2.17. The average molecular weight is 379 g/mol. The van der Waals surface area contributed by atoms with Gasteiger partial charge in [-0.25, -0.2) is 4.98 Å². The van der Waals surface area contributed by atoms with Crippen LogP contribution in [-0.2, 0) is 0 Å². The summed E-state index contributed by atoms with van der Waals surface area (Å²) in [6.45, 7) is 3.31. The summed E-state index contributed by atoms with van der Waals surface area (Å²) < 4.78 is 0. The normalized spacial score (nSPS) is 15.9. The Kier molecular flexibility index (Phi) is 5.92. The number of nitrogens with two attached hydrogens (primary N) is 1. The van der Waals surface area contributed by atoms with Gasteiger partial charge in [0.25, 0.3) is 0 Å². The van der Waals surface area contributed by atoms with Crippen LogP contribution in [0.15, 0.2) is 65.8 Å². The molecule has 3 N–H and O–H groups in total. The second-order valence-corrected chi connectivity index (χ2v) is 8.11. The first-order valence-electron chi connectivity index (χ1n) is 9.61. The van der Waals surface area contributed by atoms with Gasteiger partial charge in [0, 0.05) is 29.5 Å². The molecule has 2 heterocycles. The summed E-state index contributed by atoms with van der Waals surface area (Å²) in [5, 5.41) is 0.987. The van der Waals surface area contributed by atoms with Crippen LogP contribution >= 0.6 is 11.8 Å². The maximum absolute atomic E-state index is 6.00. The second kappa shape index (κ2) is 8.74. The molecule has 0 atom stereocenters. The third kappa shape index (κ3) is 4.61. The van der Waals surface area contributed by atoms with E-state index in [4.69, 9.17) is 10.7 Å². The van der Waals surface area contributed by atoms with Crippen LogP contribution in [0.3, 0.4) is 0 Å². The van der Waals surface area contributed by atoms with Gasteiger partial charge in [0.05, 0.1) is 11.4 Å². The topological polar surface area (TPSA) is 57.9 Å². The van der Waals surface area contributed by atoms with Crippen LogP contribution in [0, 0.1) is 0 Å². The summed E-state index contributed by atoms with van der Waals surface area (Å²) in [4.78, 5) is 11.0. The van der Waals surface area contributed by atoms with Gasteiger partial charge in [-0.3, -0.25) is 0 Å². The molecule has 0 aliphatic carbocycles. The lowest BCUT2D eigenvalue weighted by molar-refractivity contribution is 0.225. The highest BCUT2D eigenvalue weighted by atomic mass is 32.2. The molecule has 1 fully saturated rings. The van der Waals surface area contributed by atoms with Crippen LogP contribution in [0.25, 0.3) is 22.5 Å². The first-order chi connectivity index (χ1) is 13.3. The van der Waals surface area contributed by atoms with Crippen LogP contribution < -0.4 is 5.73 Å². The highest BCUT2D eigenvalue weighted by molar-refractivity contribution is 7.99. The van der Waals surface area contributed by atoms with E-state index < -0.39 is 0 Å². The Morgan fingerprint density at radius 3 is 2.26 bits per heavy atom. The molecule has 140 valence electrons. The monoisotopic (exact) mass is 378 g/mol. The van der Waals surface area contributed by atoms with Gasteiger partial charge in [0.2, 0.25) is 0 Å². The smallest absolute Gasteiger partial charge is 0.166 e. The summed E-state index contributed by atoms with van der Waals surface area (Å²) >= 11 is 1.80. The van der Waals surface area contributed by atoms with Gasteiger partial charge in [-0.05, 0) is 25.9 Å². The van der Waals surface area contributed by atoms with E-state index in [-0.39, 0.29) is 0 Å². The zero-order chi connectivity index (χ0) is 18.5. The van der Waals surface area contributed by atoms with Crippen molar-refractivity contribution in [2.75, 3.05) is 25.4 Å². The maximum Gasteiger partial charge on any atom is 0.166 e. The minimum Gasteiger partial charge on any atom is -0.332 e. The number of H-pyrrole nitrogens is 1. The molecule has 5 heteroatoms. The molecule has 0 spiro atoms. The average Bonchev–Trinajstić information content (AvgIpc) is 3.15. The Bertz CT molecular complexity index is 782. The Hall–Kier alpha value is -2.08. The number of imidazole rings is 1. The fourth-order valence-corrected chi connectivity index (χ4v) is 4.36. The minimum atomic E-state index is 0.390. The SMILES string of the molecule is NC1CCN(CCSc2nc(-c3ccccc3)c(-c3ccccc3)[nH]2)CC1. The summed E-state index contributed by atoms with van der Waals surface area (Å²) in [6, 6.07) is 21.2. The van der Waals surface area contributed by atoms with Crippen molar-refractivity contribution in [3.63, 3.8) is 0 Å². The molecule has 3 aromatic rings. The number of benzene rings is 2. The minimum absolute atomic E-state index is 0.390. The zero-order valence-electron chi connectivity index (χ0n) is 15.5. The molecule has 0 bridgehead atoms. The number of piperidine rings is 1. The molecule has 4 nitrogen and oxygen atoms in total. The van der Waals surface area contributed by atoms with Crippen molar-refractivity contribution in [1.82, 2.24) is 14.9 Å². The van der Waals surface area contributed by atoms with Crippen molar-refractivity contribution in [3.05, 3.63) is 60.7 Å². The summed E-state index contributed by atoms with van der Waals surface area (Å²) in [5.41, 5.74) is 10.4. The van der Waals surface area contributed by atoms with E-state index >= 15 is 0 Å². The Labute approximate surface area is 165 Å². The third-order valence-electron chi connectivity index (χ3n) is 5.07. The lowest BCUT2D eigenvalue weighted by Crippen LogP contribution is -2.40. The van der Waals surface area contributed by atoms with Gasteiger partial charge in [0.15, 0.2) is 5.16 Å². The van der Waals surface area contributed by atoms with Gasteiger partial charge in [-0.15, -0.1) is 0 Å².